The van der Waals surface area contributed by atoms with Gasteiger partial charge in [-0.15, -0.1) is 0 Å². The number of nitrogens with zero attached hydrogens (tertiary/aromatic N) is 3. The SMILES string of the molecule is CCOC(=O)C1=C(C)N=c2s/c(=C/c3ccc(OCc4ccccc4Cl)c(OCC)c3)c(=O)n2[C@@H]1c1ccc(C)c([N+](=O)[O-])c1. The van der Waals surface area contributed by atoms with Gasteiger partial charge in [-0.2, -0.15) is 0 Å². The summed E-state index contributed by atoms with van der Waals surface area (Å²) in [5.41, 5.74) is 2.36. The molecule has 0 N–H and O–H groups in total. The quantitative estimate of drug-likeness (QED) is 0.124. The molecule has 0 radical (unpaired) electrons. The van der Waals surface area contributed by atoms with Gasteiger partial charge in [0, 0.05) is 22.2 Å². The number of nitro groups is 1. The Kier molecular flexibility index (Phi) is 9.50. The lowest BCUT2D eigenvalue weighted by atomic mass is 9.94. The number of rotatable bonds is 10. The third-order valence-corrected chi connectivity index (χ3v) is 8.52. The number of hydrogen-bond acceptors (Lipinski definition) is 9. The van der Waals surface area contributed by atoms with Crippen LogP contribution in [0.4, 0.5) is 5.69 Å². The summed E-state index contributed by atoms with van der Waals surface area (Å²) in [5, 5.41) is 12.4. The van der Waals surface area contributed by atoms with Gasteiger partial charge in [-0.25, -0.2) is 9.79 Å². The zero-order valence-electron chi connectivity index (χ0n) is 25.0. The Morgan fingerprint density at radius 3 is 2.56 bits per heavy atom. The number of carbonyl (C=O) groups excluding carboxylic acids is 1. The average molecular weight is 648 g/mol. The summed E-state index contributed by atoms with van der Waals surface area (Å²) in [6.07, 6.45) is 1.71. The summed E-state index contributed by atoms with van der Waals surface area (Å²) in [6.45, 7) is 7.59. The monoisotopic (exact) mass is 647 g/mol. The second-order valence-electron chi connectivity index (χ2n) is 10.1. The predicted octanol–water partition coefficient (Wildman–Crippen LogP) is 5.65. The minimum Gasteiger partial charge on any atom is -0.490 e. The Morgan fingerprint density at radius 2 is 1.84 bits per heavy atom. The molecule has 45 heavy (non-hydrogen) atoms. The van der Waals surface area contributed by atoms with Crippen LogP contribution in [-0.4, -0.2) is 28.7 Å². The zero-order chi connectivity index (χ0) is 32.2. The van der Waals surface area contributed by atoms with Gasteiger partial charge in [0.1, 0.15) is 6.61 Å². The highest BCUT2D eigenvalue weighted by atomic mass is 35.5. The molecule has 3 aromatic carbocycles. The molecule has 12 heteroatoms. The lowest BCUT2D eigenvalue weighted by Gasteiger charge is -2.24. The van der Waals surface area contributed by atoms with Gasteiger partial charge in [0.2, 0.25) is 0 Å². The molecule has 0 saturated carbocycles. The van der Waals surface area contributed by atoms with Crippen LogP contribution in [0.2, 0.25) is 5.02 Å². The second kappa shape index (κ2) is 13.5. The average Bonchev–Trinajstić information content (AvgIpc) is 3.31. The minimum absolute atomic E-state index is 0.112. The summed E-state index contributed by atoms with van der Waals surface area (Å²) in [7, 11) is 0. The number of esters is 1. The fourth-order valence-corrected chi connectivity index (χ4v) is 6.26. The van der Waals surface area contributed by atoms with E-state index in [2.05, 4.69) is 4.99 Å². The first-order valence-corrected chi connectivity index (χ1v) is 15.4. The summed E-state index contributed by atoms with van der Waals surface area (Å²) < 4.78 is 18.9. The van der Waals surface area contributed by atoms with Crippen LogP contribution in [0, 0.1) is 17.0 Å². The maximum absolute atomic E-state index is 14.0. The molecule has 2 heterocycles. The first-order valence-electron chi connectivity index (χ1n) is 14.2. The lowest BCUT2D eigenvalue weighted by Crippen LogP contribution is -2.40. The topological polar surface area (TPSA) is 122 Å². The third-order valence-electron chi connectivity index (χ3n) is 7.17. The molecule has 10 nitrogen and oxygen atoms in total. The highest BCUT2D eigenvalue weighted by molar-refractivity contribution is 7.07. The lowest BCUT2D eigenvalue weighted by molar-refractivity contribution is -0.385. The van der Waals surface area contributed by atoms with E-state index < -0.39 is 22.5 Å². The van der Waals surface area contributed by atoms with Gasteiger partial charge >= 0.3 is 5.97 Å². The van der Waals surface area contributed by atoms with E-state index >= 15 is 0 Å². The maximum atomic E-state index is 14.0. The fourth-order valence-electron chi connectivity index (χ4n) is 5.02. The van der Waals surface area contributed by atoms with E-state index in [4.69, 9.17) is 25.8 Å². The van der Waals surface area contributed by atoms with E-state index in [1.165, 1.54) is 10.6 Å². The van der Waals surface area contributed by atoms with Crippen LogP contribution in [-0.2, 0) is 16.1 Å². The summed E-state index contributed by atoms with van der Waals surface area (Å²) >= 11 is 7.43. The van der Waals surface area contributed by atoms with Crippen LogP contribution >= 0.6 is 22.9 Å². The number of benzene rings is 3. The van der Waals surface area contributed by atoms with Crippen molar-refractivity contribution in [3.63, 3.8) is 0 Å². The van der Waals surface area contributed by atoms with E-state index in [1.54, 1.807) is 63.2 Å². The van der Waals surface area contributed by atoms with Crippen molar-refractivity contribution in [1.29, 1.82) is 0 Å². The Hall–Kier alpha value is -4.74. The van der Waals surface area contributed by atoms with Gasteiger partial charge in [0.15, 0.2) is 16.3 Å². The molecule has 1 aliphatic heterocycles. The summed E-state index contributed by atoms with van der Waals surface area (Å²) in [5.74, 6) is 0.373. The molecule has 0 saturated heterocycles. The molecule has 1 atom stereocenters. The van der Waals surface area contributed by atoms with Crippen molar-refractivity contribution in [2.45, 2.75) is 40.3 Å². The van der Waals surface area contributed by atoms with E-state index in [0.29, 0.717) is 54.8 Å². The molecule has 5 rings (SSSR count). The molecular weight excluding hydrogens is 618 g/mol. The number of ether oxygens (including phenoxy) is 3. The number of halogens is 1. The van der Waals surface area contributed by atoms with Crippen LogP contribution in [0.3, 0.4) is 0 Å². The van der Waals surface area contributed by atoms with E-state index in [9.17, 15) is 19.7 Å². The number of aryl methyl sites for hydroxylation is 1. The smallest absolute Gasteiger partial charge is 0.338 e. The molecule has 0 spiro atoms. The molecule has 0 fully saturated rings. The van der Waals surface area contributed by atoms with E-state index in [1.807, 2.05) is 25.1 Å². The predicted molar refractivity (Wildman–Crippen MR) is 172 cm³/mol. The van der Waals surface area contributed by atoms with Crippen molar-refractivity contribution in [2.24, 2.45) is 4.99 Å². The molecule has 232 valence electrons. The van der Waals surface area contributed by atoms with Gasteiger partial charge < -0.3 is 14.2 Å². The molecule has 1 aliphatic rings. The Bertz CT molecular complexity index is 2010. The summed E-state index contributed by atoms with van der Waals surface area (Å²) in [4.78, 5) is 43.4. The van der Waals surface area contributed by atoms with Gasteiger partial charge in [0.25, 0.3) is 11.2 Å². The third kappa shape index (κ3) is 6.54. The number of allylic oxidation sites excluding steroid dienone is 1. The maximum Gasteiger partial charge on any atom is 0.338 e. The van der Waals surface area contributed by atoms with E-state index in [0.717, 1.165) is 16.9 Å². The molecule has 1 aromatic heterocycles. The first-order chi connectivity index (χ1) is 21.6. The van der Waals surface area contributed by atoms with Gasteiger partial charge in [-0.1, -0.05) is 59.3 Å². The second-order valence-corrected chi connectivity index (χ2v) is 11.5. The van der Waals surface area contributed by atoms with Crippen LogP contribution in [0.5, 0.6) is 11.5 Å². The van der Waals surface area contributed by atoms with Gasteiger partial charge in [-0.3, -0.25) is 19.5 Å². The van der Waals surface area contributed by atoms with Gasteiger partial charge in [0.05, 0.1) is 40.0 Å². The minimum atomic E-state index is -0.971. The Morgan fingerprint density at radius 1 is 1.07 bits per heavy atom. The number of aromatic nitrogens is 1. The van der Waals surface area contributed by atoms with Crippen LogP contribution < -0.4 is 24.4 Å². The molecule has 0 bridgehead atoms. The van der Waals surface area contributed by atoms with Crippen molar-refractivity contribution in [1.82, 2.24) is 4.57 Å². The fraction of sp³-hybridized carbons (Fsp3) is 0.242. The number of thiazole rings is 1. The first kappa shape index (κ1) is 31.7. The van der Waals surface area contributed by atoms with Crippen molar-refractivity contribution < 1.29 is 23.9 Å². The summed E-state index contributed by atoms with van der Waals surface area (Å²) in [6, 6.07) is 16.5. The number of fused-ring (bicyclic) bond motifs is 1. The highest BCUT2D eigenvalue weighted by Gasteiger charge is 2.34. The van der Waals surface area contributed by atoms with Crippen molar-refractivity contribution in [3.05, 3.63) is 129 Å². The van der Waals surface area contributed by atoms with Crippen LogP contribution in [0.25, 0.3) is 6.08 Å². The Labute approximate surface area is 267 Å². The molecule has 4 aromatic rings. The van der Waals surface area contributed by atoms with Crippen molar-refractivity contribution in [2.75, 3.05) is 13.2 Å². The van der Waals surface area contributed by atoms with Crippen LogP contribution in [0.1, 0.15) is 49.1 Å². The van der Waals surface area contributed by atoms with Crippen molar-refractivity contribution in [3.8, 4) is 11.5 Å². The normalized spacial score (nSPS) is 14.5. The molecule has 0 aliphatic carbocycles. The van der Waals surface area contributed by atoms with Gasteiger partial charge in [-0.05, 0) is 63.1 Å². The zero-order valence-corrected chi connectivity index (χ0v) is 26.6. The van der Waals surface area contributed by atoms with Crippen LogP contribution in [0.15, 0.2) is 81.7 Å². The number of carbonyl (C=O) groups is 1. The van der Waals surface area contributed by atoms with Crippen molar-refractivity contribution >= 4 is 40.7 Å². The Balaban J connectivity index is 1.59. The number of hydrogen-bond donors (Lipinski definition) is 0. The standard InChI is InChI=1S/C33H30ClN3O7S/c1-5-42-27-15-21(12-14-26(27)44-18-23-9-7-8-10-24(23)34)16-28-31(38)36-30(22-13-11-19(3)25(17-22)37(40)41)29(32(39)43-6-2)20(4)35-33(36)45-28/h7-17,30H,5-6,18H2,1-4H3/b28-16+/t30-/m1/s1. The molecule has 0 unspecified atom stereocenters. The molecule has 0 amide bonds. The van der Waals surface area contributed by atoms with E-state index in [-0.39, 0.29) is 24.5 Å². The number of nitro benzene ring substituents is 1. The highest BCUT2D eigenvalue weighted by Crippen LogP contribution is 2.34. The largest absolute Gasteiger partial charge is 0.490 e. The molecular formula is C33H30ClN3O7S.